The first-order valence-corrected chi connectivity index (χ1v) is 17.6. The molecule has 2 aromatic rings. The van der Waals surface area contributed by atoms with Gasteiger partial charge in [0.05, 0.1) is 0 Å². The maximum absolute atomic E-state index is 5.79. The second-order valence-electron chi connectivity index (χ2n) is 13.3. The van der Waals surface area contributed by atoms with Crippen LogP contribution in [0.4, 0.5) is 0 Å². The summed E-state index contributed by atoms with van der Waals surface area (Å²) >= 11 is 0. The molecule has 0 N–H and O–H groups in total. The summed E-state index contributed by atoms with van der Waals surface area (Å²) in [7, 11) is -1.69. The van der Waals surface area contributed by atoms with E-state index in [0.29, 0.717) is 0 Å². The number of rotatable bonds is 13. The Morgan fingerprint density at radius 2 is 1.02 bits per heavy atom. The summed E-state index contributed by atoms with van der Waals surface area (Å²) in [6, 6.07) is 20.6. The normalized spacial score (nSPS) is 14.0. The van der Waals surface area contributed by atoms with Crippen LogP contribution >= 0.6 is 7.05 Å². The van der Waals surface area contributed by atoms with Crippen LogP contribution in [0.3, 0.4) is 0 Å². The van der Waals surface area contributed by atoms with Gasteiger partial charge in [-0.25, -0.2) is 0 Å². The SMILES string of the molecule is C(C=Cc1ccccc1)=Cc1ccccc1.CCCC(C)(C)P(=NC1=CC=CC1)(C(C)(C)CCC)C(C)(C)CCC.[Ti]. The number of nitrogens with zero attached hydrogens (tertiary/aromatic N) is 1. The molecule has 1 nitrogen and oxygen atoms in total. The predicted octanol–water partition coefficient (Wildman–Crippen LogP) is 13.2. The van der Waals surface area contributed by atoms with Gasteiger partial charge in [0.2, 0.25) is 0 Å². The van der Waals surface area contributed by atoms with Crippen molar-refractivity contribution in [3.05, 3.63) is 108 Å². The van der Waals surface area contributed by atoms with Crippen LogP contribution < -0.4 is 0 Å². The van der Waals surface area contributed by atoms with E-state index in [2.05, 4.69) is 129 Å². The topological polar surface area (TPSA) is 12.4 Å². The van der Waals surface area contributed by atoms with E-state index in [1.54, 1.807) is 0 Å². The third kappa shape index (κ3) is 10.2. The second-order valence-corrected chi connectivity index (χ2v) is 18.4. The molecule has 0 radical (unpaired) electrons. The standard InChI is InChI=1S/C23H44NP.C16H14.Ti/c1-10-17-21(4,5)25(22(6,7)18-11-2,23(8,9)19-12-3)24-20-15-13-14-16-20;1-3-9-15(10-4-1)13-7-8-14-16-11-5-2-6-12-16;/h13-15H,10-12,16-19H2,1-9H3;1-14H;. The summed E-state index contributed by atoms with van der Waals surface area (Å²) in [4.78, 5) is 0. The monoisotopic (exact) mass is 619 g/mol. The van der Waals surface area contributed by atoms with Gasteiger partial charge in [-0.05, 0) is 43.5 Å². The van der Waals surface area contributed by atoms with Gasteiger partial charge in [0.25, 0.3) is 0 Å². The molecule has 0 aliphatic heterocycles. The van der Waals surface area contributed by atoms with E-state index in [9.17, 15) is 0 Å². The molecule has 0 heterocycles. The summed E-state index contributed by atoms with van der Waals surface area (Å²) in [5.41, 5.74) is 3.77. The second kappa shape index (κ2) is 18.2. The van der Waals surface area contributed by atoms with Crippen molar-refractivity contribution in [3.8, 4) is 0 Å². The number of hydrogen-bond acceptors (Lipinski definition) is 1. The molecule has 3 heteroatoms. The van der Waals surface area contributed by atoms with Crippen molar-refractivity contribution in [1.82, 2.24) is 0 Å². The molecule has 0 bridgehead atoms. The van der Waals surface area contributed by atoms with E-state index >= 15 is 0 Å². The Morgan fingerprint density at radius 3 is 1.33 bits per heavy atom. The first kappa shape index (κ1) is 38.4. The molecule has 0 saturated heterocycles. The molecule has 0 fully saturated rings. The fourth-order valence-electron chi connectivity index (χ4n) is 7.35. The summed E-state index contributed by atoms with van der Waals surface area (Å²) < 4.78 is 5.79. The first-order valence-electron chi connectivity index (χ1n) is 15.9. The molecule has 1 aliphatic carbocycles. The van der Waals surface area contributed by atoms with E-state index in [0.717, 1.165) is 6.42 Å². The molecule has 0 amide bonds. The largest absolute Gasteiger partial charge is 0.270 e. The van der Waals surface area contributed by atoms with Crippen LogP contribution in [-0.2, 0) is 21.7 Å². The van der Waals surface area contributed by atoms with Crippen molar-refractivity contribution >= 4 is 19.2 Å². The third-order valence-corrected chi connectivity index (χ3v) is 15.0. The Morgan fingerprint density at radius 1 is 0.643 bits per heavy atom. The fourth-order valence-corrected chi connectivity index (χ4v) is 15.3. The third-order valence-electron chi connectivity index (χ3n) is 8.53. The van der Waals surface area contributed by atoms with Crippen LogP contribution in [0.1, 0.15) is 118 Å². The Kier molecular flexibility index (Phi) is 16.6. The minimum atomic E-state index is -1.69. The van der Waals surface area contributed by atoms with E-state index in [4.69, 9.17) is 4.74 Å². The van der Waals surface area contributed by atoms with Crippen LogP contribution in [0.15, 0.2) is 101 Å². The summed E-state index contributed by atoms with van der Waals surface area (Å²) in [5.74, 6) is 0. The Labute approximate surface area is 275 Å². The van der Waals surface area contributed by atoms with Gasteiger partial charge in [-0.3, -0.25) is 4.74 Å². The van der Waals surface area contributed by atoms with Crippen molar-refractivity contribution in [3.63, 3.8) is 0 Å². The zero-order chi connectivity index (χ0) is 30.4. The minimum Gasteiger partial charge on any atom is -0.270 e. The molecular weight excluding hydrogens is 561 g/mol. The van der Waals surface area contributed by atoms with Crippen molar-refractivity contribution in [1.29, 1.82) is 0 Å². The summed E-state index contributed by atoms with van der Waals surface area (Å²) in [6.45, 7) is 22.2. The van der Waals surface area contributed by atoms with E-state index in [1.807, 2.05) is 36.4 Å². The number of benzene rings is 2. The van der Waals surface area contributed by atoms with Gasteiger partial charge in [0.15, 0.2) is 0 Å². The summed E-state index contributed by atoms with van der Waals surface area (Å²) in [6.07, 6.45) is 23.6. The smallest absolute Gasteiger partial charge is 0.0425 e. The molecule has 42 heavy (non-hydrogen) atoms. The fraction of sp³-hybridized carbons (Fsp3) is 0.487. The van der Waals surface area contributed by atoms with Gasteiger partial charge in [0, 0.05) is 49.3 Å². The van der Waals surface area contributed by atoms with Crippen LogP contribution in [0.25, 0.3) is 12.2 Å². The maximum Gasteiger partial charge on any atom is 0.0425 e. The van der Waals surface area contributed by atoms with Crippen LogP contribution in [0.2, 0.25) is 0 Å². The molecule has 0 unspecified atom stereocenters. The Balaban J connectivity index is 0.000000446. The quantitative estimate of drug-likeness (QED) is 0.120. The predicted molar refractivity (Wildman–Crippen MR) is 189 cm³/mol. The molecular formula is C39H58NPTi. The van der Waals surface area contributed by atoms with Crippen molar-refractivity contribution < 1.29 is 21.7 Å². The number of allylic oxidation sites excluding steroid dienone is 5. The van der Waals surface area contributed by atoms with E-state index in [-0.39, 0.29) is 37.2 Å². The molecule has 0 spiro atoms. The van der Waals surface area contributed by atoms with Gasteiger partial charge >= 0.3 is 0 Å². The average molecular weight is 620 g/mol. The van der Waals surface area contributed by atoms with Gasteiger partial charge in [-0.1, -0.05) is 179 Å². The van der Waals surface area contributed by atoms with Crippen molar-refractivity contribution in [2.45, 2.75) is 123 Å². The maximum atomic E-state index is 5.79. The molecule has 228 valence electrons. The summed E-state index contributed by atoms with van der Waals surface area (Å²) in [5, 5.41) is 0.799. The van der Waals surface area contributed by atoms with Crippen LogP contribution in [0, 0.1) is 0 Å². The Hall–Kier alpha value is -1.66. The van der Waals surface area contributed by atoms with E-state index in [1.165, 1.54) is 55.3 Å². The molecule has 0 aromatic heterocycles. The van der Waals surface area contributed by atoms with Gasteiger partial charge in [-0.15, -0.1) is 0 Å². The molecule has 1 aliphatic rings. The van der Waals surface area contributed by atoms with Gasteiger partial charge < -0.3 is 0 Å². The van der Waals surface area contributed by atoms with Gasteiger partial charge in [0.1, 0.15) is 0 Å². The van der Waals surface area contributed by atoms with Crippen LogP contribution in [-0.4, -0.2) is 15.5 Å². The molecule has 0 atom stereocenters. The van der Waals surface area contributed by atoms with Crippen LogP contribution in [0.5, 0.6) is 0 Å². The first-order chi connectivity index (χ1) is 19.5. The zero-order valence-electron chi connectivity index (χ0n) is 28.2. The number of hydrogen-bond donors (Lipinski definition) is 0. The zero-order valence-corrected chi connectivity index (χ0v) is 30.6. The van der Waals surface area contributed by atoms with Crippen molar-refractivity contribution in [2.24, 2.45) is 4.74 Å². The minimum absolute atomic E-state index is 0. The average Bonchev–Trinajstić information content (AvgIpc) is 3.44. The molecule has 2 aromatic carbocycles. The van der Waals surface area contributed by atoms with E-state index < -0.39 is 7.05 Å². The molecule has 0 saturated carbocycles. The molecule has 3 rings (SSSR count). The Bertz CT molecular complexity index is 1110. The van der Waals surface area contributed by atoms with Crippen molar-refractivity contribution in [2.75, 3.05) is 0 Å². The van der Waals surface area contributed by atoms with Gasteiger partial charge in [-0.2, -0.15) is 0 Å².